The van der Waals surface area contributed by atoms with Gasteiger partial charge in [0.2, 0.25) is 5.95 Å². The molecule has 0 saturated heterocycles. The van der Waals surface area contributed by atoms with Crippen LogP contribution in [0.5, 0.6) is 0 Å². The van der Waals surface area contributed by atoms with Gasteiger partial charge < -0.3 is 10.6 Å². The molecule has 0 saturated carbocycles. The van der Waals surface area contributed by atoms with Crippen LogP contribution in [0, 0.1) is 18.6 Å². The molecule has 0 aliphatic heterocycles. The molecule has 26 heavy (non-hydrogen) atoms. The van der Waals surface area contributed by atoms with Crippen LogP contribution >= 0.6 is 11.6 Å². The first kappa shape index (κ1) is 17.8. The molecule has 2 aromatic carbocycles. The Morgan fingerprint density at radius 3 is 2.62 bits per heavy atom. The number of nitrogens with one attached hydrogen (secondary N) is 2. The van der Waals surface area contributed by atoms with Crippen molar-refractivity contribution in [2.45, 2.75) is 6.92 Å². The van der Waals surface area contributed by atoms with Crippen LogP contribution in [0.4, 0.5) is 26.1 Å². The molecule has 1 heterocycles. The van der Waals surface area contributed by atoms with Crippen molar-refractivity contribution in [2.75, 3.05) is 10.6 Å². The second-order valence-electron chi connectivity index (χ2n) is 5.43. The van der Waals surface area contributed by atoms with Gasteiger partial charge in [-0.1, -0.05) is 17.7 Å². The van der Waals surface area contributed by atoms with Crippen LogP contribution in [0.25, 0.3) is 0 Å². The van der Waals surface area contributed by atoms with Crippen molar-refractivity contribution in [1.29, 1.82) is 0 Å². The molecule has 1 aromatic heterocycles. The Morgan fingerprint density at radius 2 is 1.88 bits per heavy atom. The monoisotopic (exact) mass is 374 g/mol. The van der Waals surface area contributed by atoms with Crippen molar-refractivity contribution >= 4 is 34.8 Å². The first-order valence-corrected chi connectivity index (χ1v) is 7.93. The minimum atomic E-state index is -0.874. The third-order valence-electron chi connectivity index (χ3n) is 3.35. The highest BCUT2D eigenvalue weighted by atomic mass is 35.5. The van der Waals surface area contributed by atoms with Gasteiger partial charge in [-0.3, -0.25) is 4.79 Å². The topological polar surface area (TPSA) is 66.9 Å². The van der Waals surface area contributed by atoms with E-state index in [1.165, 1.54) is 6.07 Å². The van der Waals surface area contributed by atoms with E-state index in [1.54, 1.807) is 31.2 Å². The summed E-state index contributed by atoms with van der Waals surface area (Å²) in [4.78, 5) is 20.7. The van der Waals surface area contributed by atoms with Gasteiger partial charge >= 0.3 is 0 Å². The second kappa shape index (κ2) is 7.45. The fraction of sp³-hybridized carbons (Fsp3) is 0.0556. The van der Waals surface area contributed by atoms with Gasteiger partial charge in [0.1, 0.15) is 17.3 Å². The number of hydrogen-bond acceptors (Lipinski definition) is 4. The number of carbonyl (C=O) groups is 1. The molecule has 0 atom stereocenters. The molecule has 0 fully saturated rings. The minimum Gasteiger partial charge on any atom is -0.324 e. The fourth-order valence-electron chi connectivity index (χ4n) is 2.21. The number of amides is 1. The Bertz CT molecular complexity index is 981. The number of aromatic nitrogens is 2. The van der Waals surface area contributed by atoms with Gasteiger partial charge in [0, 0.05) is 22.5 Å². The molecule has 8 heteroatoms. The molecule has 0 spiro atoms. The van der Waals surface area contributed by atoms with E-state index in [9.17, 15) is 13.6 Å². The largest absolute Gasteiger partial charge is 0.324 e. The van der Waals surface area contributed by atoms with E-state index in [0.29, 0.717) is 22.5 Å². The van der Waals surface area contributed by atoms with Gasteiger partial charge in [0.05, 0.1) is 5.69 Å². The first-order chi connectivity index (χ1) is 12.4. The number of hydrogen-bond donors (Lipinski definition) is 2. The standard InChI is InChI=1S/C18H13ClF2N4O/c1-10-7-16(17(26)24-15-6-5-12(20)9-14(15)21)25-18(22-10)23-13-4-2-3-11(19)8-13/h2-9H,1H3,(H,24,26)(H,22,23,25). The maximum Gasteiger partial charge on any atom is 0.274 e. The molecule has 0 aliphatic carbocycles. The summed E-state index contributed by atoms with van der Waals surface area (Å²) >= 11 is 5.93. The lowest BCUT2D eigenvalue weighted by atomic mass is 10.2. The van der Waals surface area contributed by atoms with Crippen LogP contribution in [-0.2, 0) is 0 Å². The Morgan fingerprint density at radius 1 is 1.08 bits per heavy atom. The fourth-order valence-corrected chi connectivity index (χ4v) is 2.40. The normalized spacial score (nSPS) is 10.5. The number of anilines is 3. The van der Waals surface area contributed by atoms with Crippen molar-refractivity contribution in [2.24, 2.45) is 0 Å². The van der Waals surface area contributed by atoms with Gasteiger partial charge in [-0.05, 0) is 43.3 Å². The lowest BCUT2D eigenvalue weighted by Crippen LogP contribution is -2.16. The van der Waals surface area contributed by atoms with Crippen LogP contribution in [0.15, 0.2) is 48.5 Å². The van der Waals surface area contributed by atoms with Crippen LogP contribution < -0.4 is 10.6 Å². The maximum atomic E-state index is 13.7. The van der Waals surface area contributed by atoms with E-state index in [4.69, 9.17) is 11.6 Å². The summed E-state index contributed by atoms with van der Waals surface area (Å²) in [6.07, 6.45) is 0. The number of nitrogens with zero attached hydrogens (tertiary/aromatic N) is 2. The average molecular weight is 375 g/mol. The Hall–Kier alpha value is -3.06. The molecular formula is C18H13ClF2N4O. The van der Waals surface area contributed by atoms with Gasteiger partial charge in [0.25, 0.3) is 5.91 Å². The summed E-state index contributed by atoms with van der Waals surface area (Å²) < 4.78 is 26.7. The summed E-state index contributed by atoms with van der Waals surface area (Å²) in [5.41, 5.74) is 1.08. The van der Waals surface area contributed by atoms with Crippen LogP contribution in [0.3, 0.4) is 0 Å². The highest BCUT2D eigenvalue weighted by molar-refractivity contribution is 6.30. The van der Waals surface area contributed by atoms with Crippen molar-refractivity contribution in [1.82, 2.24) is 9.97 Å². The van der Waals surface area contributed by atoms with E-state index < -0.39 is 17.5 Å². The molecule has 0 radical (unpaired) electrons. The van der Waals surface area contributed by atoms with E-state index in [0.717, 1.165) is 12.1 Å². The lowest BCUT2D eigenvalue weighted by molar-refractivity contribution is 0.102. The molecule has 132 valence electrons. The summed E-state index contributed by atoms with van der Waals surface area (Å²) in [6.45, 7) is 1.69. The Balaban J connectivity index is 1.83. The van der Waals surface area contributed by atoms with Gasteiger partial charge in [-0.2, -0.15) is 0 Å². The van der Waals surface area contributed by atoms with Gasteiger partial charge in [-0.15, -0.1) is 0 Å². The van der Waals surface area contributed by atoms with Crippen molar-refractivity contribution < 1.29 is 13.6 Å². The maximum absolute atomic E-state index is 13.7. The smallest absolute Gasteiger partial charge is 0.274 e. The average Bonchev–Trinajstić information content (AvgIpc) is 2.57. The number of carbonyl (C=O) groups excluding carboxylic acids is 1. The van der Waals surface area contributed by atoms with Crippen molar-refractivity contribution in [3.8, 4) is 0 Å². The molecule has 1 amide bonds. The molecule has 0 aliphatic rings. The highest BCUT2D eigenvalue weighted by Gasteiger charge is 2.14. The molecule has 3 aromatic rings. The third kappa shape index (κ3) is 4.31. The van der Waals surface area contributed by atoms with Crippen molar-refractivity contribution in [3.63, 3.8) is 0 Å². The SMILES string of the molecule is Cc1cc(C(=O)Nc2ccc(F)cc2F)nc(Nc2cccc(Cl)c2)n1. The molecular weight excluding hydrogens is 362 g/mol. The number of benzene rings is 2. The molecule has 5 nitrogen and oxygen atoms in total. The number of rotatable bonds is 4. The third-order valence-corrected chi connectivity index (χ3v) is 3.58. The van der Waals surface area contributed by atoms with E-state index in [-0.39, 0.29) is 17.3 Å². The van der Waals surface area contributed by atoms with Crippen LogP contribution in [-0.4, -0.2) is 15.9 Å². The zero-order valence-electron chi connectivity index (χ0n) is 13.6. The van der Waals surface area contributed by atoms with Crippen molar-refractivity contribution in [3.05, 3.63) is 76.6 Å². The van der Waals surface area contributed by atoms with Crippen LogP contribution in [0.1, 0.15) is 16.2 Å². The summed E-state index contributed by atoms with van der Waals surface area (Å²) in [5.74, 6) is -2.06. The zero-order chi connectivity index (χ0) is 18.7. The second-order valence-corrected chi connectivity index (χ2v) is 5.87. The molecule has 0 unspecified atom stereocenters. The predicted molar refractivity (Wildman–Crippen MR) is 95.8 cm³/mol. The van der Waals surface area contributed by atoms with E-state index >= 15 is 0 Å². The number of halogens is 3. The zero-order valence-corrected chi connectivity index (χ0v) is 14.3. The molecule has 0 bridgehead atoms. The predicted octanol–water partition coefficient (Wildman–Crippen LogP) is 4.71. The summed E-state index contributed by atoms with van der Waals surface area (Å²) in [7, 11) is 0. The minimum absolute atomic E-state index is 0.0331. The van der Waals surface area contributed by atoms with Gasteiger partial charge in [0.15, 0.2) is 0 Å². The molecule has 2 N–H and O–H groups in total. The first-order valence-electron chi connectivity index (χ1n) is 7.55. The molecule has 3 rings (SSSR count). The quantitative estimate of drug-likeness (QED) is 0.694. The number of aryl methyl sites for hydroxylation is 1. The van der Waals surface area contributed by atoms with E-state index in [2.05, 4.69) is 20.6 Å². The van der Waals surface area contributed by atoms with E-state index in [1.807, 2.05) is 0 Å². The summed E-state index contributed by atoms with van der Waals surface area (Å²) in [6, 6.07) is 11.3. The van der Waals surface area contributed by atoms with Crippen LogP contribution in [0.2, 0.25) is 5.02 Å². The lowest BCUT2D eigenvalue weighted by Gasteiger charge is -2.09. The Kier molecular flexibility index (Phi) is 5.09. The highest BCUT2D eigenvalue weighted by Crippen LogP contribution is 2.19. The Labute approximate surface area is 153 Å². The van der Waals surface area contributed by atoms with Gasteiger partial charge in [-0.25, -0.2) is 18.7 Å². The summed E-state index contributed by atoms with van der Waals surface area (Å²) in [5, 5.41) is 5.85.